The van der Waals surface area contributed by atoms with Gasteiger partial charge in [-0.3, -0.25) is 0 Å². The van der Waals surface area contributed by atoms with Crippen LogP contribution >= 0.6 is 0 Å². The summed E-state index contributed by atoms with van der Waals surface area (Å²) in [6.07, 6.45) is 1.22. The van der Waals surface area contributed by atoms with Gasteiger partial charge in [-0.25, -0.2) is 0 Å². The highest BCUT2D eigenvalue weighted by atomic mass is 14.3. The van der Waals surface area contributed by atoms with Gasteiger partial charge in [0.2, 0.25) is 0 Å². The van der Waals surface area contributed by atoms with E-state index in [4.69, 9.17) is 0 Å². The van der Waals surface area contributed by atoms with Gasteiger partial charge in [0.1, 0.15) is 0 Å². The topological polar surface area (TPSA) is 0 Å². The Morgan fingerprint density at radius 3 is 2.55 bits per heavy atom. The quantitative estimate of drug-likeness (QED) is 0.492. The third-order valence-electron chi connectivity index (χ3n) is 2.60. The molecule has 2 rings (SSSR count). The second kappa shape index (κ2) is 2.37. The van der Waals surface area contributed by atoms with E-state index < -0.39 is 0 Å². The molecule has 11 heavy (non-hydrogen) atoms. The van der Waals surface area contributed by atoms with Crippen molar-refractivity contribution in [2.45, 2.75) is 25.2 Å². The van der Waals surface area contributed by atoms with E-state index in [0.717, 1.165) is 0 Å². The monoisotopic (exact) mass is 145 g/mol. The van der Waals surface area contributed by atoms with Gasteiger partial charge in [0.25, 0.3) is 0 Å². The summed E-state index contributed by atoms with van der Waals surface area (Å²) in [7, 11) is 0. The fourth-order valence-electron chi connectivity index (χ4n) is 2.01. The van der Waals surface area contributed by atoms with Gasteiger partial charge in [0.15, 0.2) is 0 Å². The van der Waals surface area contributed by atoms with Crippen LogP contribution in [0, 0.1) is 6.92 Å². The van der Waals surface area contributed by atoms with Crippen molar-refractivity contribution in [1.82, 2.24) is 0 Å². The number of fused-ring (bicyclic) bond motifs is 1. The number of benzene rings is 1. The van der Waals surface area contributed by atoms with Crippen LogP contribution in [0.15, 0.2) is 24.3 Å². The number of hydrogen-bond acceptors (Lipinski definition) is 0. The van der Waals surface area contributed by atoms with Crippen LogP contribution in [0.4, 0.5) is 0 Å². The first-order valence-electron chi connectivity index (χ1n) is 4.21. The van der Waals surface area contributed by atoms with E-state index >= 15 is 0 Å². The smallest absolute Gasteiger partial charge is 0.0207 e. The summed E-state index contributed by atoms with van der Waals surface area (Å²) in [5.74, 6) is 1.25. The molecule has 0 saturated heterocycles. The van der Waals surface area contributed by atoms with Crippen molar-refractivity contribution >= 4 is 0 Å². The highest BCUT2D eigenvalue weighted by Crippen LogP contribution is 2.40. The molecule has 0 bridgehead atoms. The third kappa shape index (κ3) is 0.973. The molecule has 0 aliphatic heterocycles. The molecule has 0 heterocycles. The molecule has 1 aliphatic rings. The van der Waals surface area contributed by atoms with Crippen LogP contribution in [0.5, 0.6) is 0 Å². The first kappa shape index (κ1) is 6.90. The summed E-state index contributed by atoms with van der Waals surface area (Å²) in [6, 6.07) is 8.66. The van der Waals surface area contributed by atoms with Crippen LogP contribution in [-0.4, -0.2) is 0 Å². The van der Waals surface area contributed by atoms with Crippen LogP contribution in [0.3, 0.4) is 0 Å². The number of hydrogen-bond donors (Lipinski definition) is 0. The van der Waals surface area contributed by atoms with Crippen molar-refractivity contribution in [3.63, 3.8) is 0 Å². The Hall–Kier alpha value is -0.780. The Bertz CT molecular complexity index is 235. The average Bonchev–Trinajstić information content (AvgIpc) is 2.30. The minimum Gasteiger partial charge on any atom is -0.336 e. The molecule has 0 amide bonds. The SMILES string of the molecule is [CH2-]C1CC(C)c2ccccc21. The lowest BCUT2D eigenvalue weighted by Crippen LogP contribution is -1.84. The maximum Gasteiger partial charge on any atom is -0.0207 e. The van der Waals surface area contributed by atoms with Gasteiger partial charge in [-0.15, -0.1) is 5.92 Å². The Balaban J connectivity index is 2.52. The molecule has 0 aromatic heterocycles. The fourth-order valence-corrected chi connectivity index (χ4v) is 2.01. The van der Waals surface area contributed by atoms with Crippen LogP contribution < -0.4 is 0 Å². The molecule has 0 nitrogen and oxygen atoms in total. The van der Waals surface area contributed by atoms with Crippen molar-refractivity contribution in [1.29, 1.82) is 0 Å². The predicted molar refractivity (Wildman–Crippen MR) is 47.6 cm³/mol. The van der Waals surface area contributed by atoms with Crippen molar-refractivity contribution in [3.05, 3.63) is 42.3 Å². The minimum atomic E-state index is 0.529. The highest BCUT2D eigenvalue weighted by Gasteiger charge is 2.19. The van der Waals surface area contributed by atoms with E-state index in [1.165, 1.54) is 17.5 Å². The number of rotatable bonds is 0. The van der Waals surface area contributed by atoms with Gasteiger partial charge in [0, 0.05) is 0 Å². The van der Waals surface area contributed by atoms with Crippen LogP contribution in [-0.2, 0) is 0 Å². The molecular weight excluding hydrogens is 132 g/mol. The van der Waals surface area contributed by atoms with E-state index in [1.54, 1.807) is 0 Å². The molecule has 2 unspecified atom stereocenters. The maximum atomic E-state index is 4.13. The normalized spacial score (nSPS) is 28.5. The van der Waals surface area contributed by atoms with Crippen molar-refractivity contribution < 1.29 is 0 Å². The van der Waals surface area contributed by atoms with Gasteiger partial charge in [0.05, 0.1) is 0 Å². The Labute approximate surface area is 68.3 Å². The summed E-state index contributed by atoms with van der Waals surface area (Å²) < 4.78 is 0. The molecule has 1 aliphatic carbocycles. The summed E-state index contributed by atoms with van der Waals surface area (Å²) in [6.45, 7) is 6.41. The largest absolute Gasteiger partial charge is 0.336 e. The fraction of sp³-hybridized carbons (Fsp3) is 0.364. The highest BCUT2D eigenvalue weighted by molar-refractivity contribution is 5.38. The first-order valence-corrected chi connectivity index (χ1v) is 4.21. The van der Waals surface area contributed by atoms with Crippen molar-refractivity contribution in [2.75, 3.05) is 0 Å². The zero-order chi connectivity index (χ0) is 7.84. The molecule has 0 heteroatoms. The zero-order valence-electron chi connectivity index (χ0n) is 6.88. The molecule has 1 aromatic carbocycles. The average molecular weight is 145 g/mol. The second-order valence-electron chi connectivity index (χ2n) is 3.46. The van der Waals surface area contributed by atoms with Crippen molar-refractivity contribution in [2.24, 2.45) is 0 Å². The molecule has 0 N–H and O–H groups in total. The maximum absolute atomic E-state index is 4.13. The lowest BCUT2D eigenvalue weighted by atomic mass is 10.0. The van der Waals surface area contributed by atoms with Crippen LogP contribution in [0.2, 0.25) is 0 Å². The second-order valence-corrected chi connectivity index (χ2v) is 3.46. The standard InChI is InChI=1S/C11H13/c1-8-7-9(2)11-6-4-3-5-10(8)11/h3-6,8-9H,1,7H2,2H3/q-1. The molecule has 2 atom stereocenters. The van der Waals surface area contributed by atoms with Gasteiger partial charge in [-0.05, 0) is 11.5 Å². The van der Waals surface area contributed by atoms with E-state index in [9.17, 15) is 0 Å². The Kier molecular flexibility index (Phi) is 1.49. The Morgan fingerprint density at radius 2 is 1.91 bits per heavy atom. The van der Waals surface area contributed by atoms with E-state index in [0.29, 0.717) is 11.8 Å². The first-order chi connectivity index (χ1) is 5.29. The molecule has 0 radical (unpaired) electrons. The molecule has 0 fully saturated rings. The van der Waals surface area contributed by atoms with Gasteiger partial charge >= 0.3 is 0 Å². The van der Waals surface area contributed by atoms with E-state index in [1.807, 2.05) is 0 Å². The van der Waals surface area contributed by atoms with Gasteiger partial charge in [-0.2, -0.15) is 0 Å². The summed E-state index contributed by atoms with van der Waals surface area (Å²) >= 11 is 0. The predicted octanol–water partition coefficient (Wildman–Crippen LogP) is 3.11. The zero-order valence-corrected chi connectivity index (χ0v) is 6.88. The van der Waals surface area contributed by atoms with E-state index in [2.05, 4.69) is 38.1 Å². The van der Waals surface area contributed by atoms with Crippen molar-refractivity contribution in [3.8, 4) is 0 Å². The molecular formula is C11H13-. The molecule has 58 valence electrons. The lowest BCUT2D eigenvalue weighted by molar-refractivity contribution is 0.697. The summed E-state index contributed by atoms with van der Waals surface area (Å²) in [4.78, 5) is 0. The summed E-state index contributed by atoms with van der Waals surface area (Å²) in [5.41, 5.74) is 2.97. The van der Waals surface area contributed by atoms with Crippen LogP contribution in [0.25, 0.3) is 0 Å². The molecule has 0 spiro atoms. The third-order valence-corrected chi connectivity index (χ3v) is 2.60. The van der Waals surface area contributed by atoms with Crippen LogP contribution in [0.1, 0.15) is 36.3 Å². The van der Waals surface area contributed by atoms with Gasteiger partial charge < -0.3 is 6.92 Å². The lowest BCUT2D eigenvalue weighted by Gasteiger charge is -2.08. The molecule has 0 saturated carbocycles. The molecule has 1 aromatic rings. The minimum absolute atomic E-state index is 0.529. The summed E-state index contributed by atoms with van der Waals surface area (Å²) in [5, 5.41) is 0. The Morgan fingerprint density at radius 1 is 1.27 bits per heavy atom. The van der Waals surface area contributed by atoms with Gasteiger partial charge in [-0.1, -0.05) is 43.2 Å². The van der Waals surface area contributed by atoms with E-state index in [-0.39, 0.29) is 0 Å².